The van der Waals surface area contributed by atoms with Crippen LogP contribution >= 0.6 is 23.2 Å². The molecule has 86 heavy (non-hydrogen) atoms. The van der Waals surface area contributed by atoms with Gasteiger partial charge in [0.25, 0.3) is 11.8 Å². The summed E-state index contributed by atoms with van der Waals surface area (Å²) in [7, 11) is 3.56. The van der Waals surface area contributed by atoms with Gasteiger partial charge in [-0.1, -0.05) is 71.7 Å². The SMILES string of the molecule is CC(=O)c1nc(-c2ccc(CC(CNC(=O)CN3CCC3)NC(=O)c3ccc(O[C@H](C)C(F)(F)F)c(Cl)c3)cc2)cn1C.CC(O)c1nc(-c2ccc(CC(CNC(=O)CN3CCC3)NC(=O)c3ccc(O[C@H](C)C(F)(F)F)c(Cl)c3)cc2)cn1C. The van der Waals surface area contributed by atoms with Crippen molar-refractivity contribution in [1.29, 1.82) is 0 Å². The van der Waals surface area contributed by atoms with E-state index in [1.54, 1.807) is 29.3 Å². The molecule has 8 rings (SSSR count). The van der Waals surface area contributed by atoms with E-state index in [0.717, 1.165) is 75.1 Å². The largest absolute Gasteiger partial charge is 0.480 e. The zero-order chi connectivity index (χ0) is 62.6. The molecule has 0 radical (unpaired) electrons. The molecule has 2 saturated heterocycles. The van der Waals surface area contributed by atoms with Gasteiger partial charge in [-0.3, -0.25) is 33.8 Å². The van der Waals surface area contributed by atoms with Crippen molar-refractivity contribution in [2.75, 3.05) is 52.4 Å². The number of aliphatic hydroxyl groups excluding tert-OH is 1. The molecule has 0 spiro atoms. The second kappa shape index (κ2) is 29.3. The summed E-state index contributed by atoms with van der Waals surface area (Å²) in [5.41, 5.74) is 5.04. The number of hydrogen-bond acceptors (Lipinski definition) is 12. The minimum atomic E-state index is -4.57. The van der Waals surface area contributed by atoms with Crippen LogP contribution in [0.1, 0.15) is 94.9 Å². The van der Waals surface area contributed by atoms with Gasteiger partial charge in [-0.05, 0) is 120 Å². The highest BCUT2D eigenvalue weighted by molar-refractivity contribution is 6.32. The average Bonchev–Trinajstić information content (AvgIpc) is 3.88. The summed E-state index contributed by atoms with van der Waals surface area (Å²) in [4.78, 5) is 76.0. The number of alkyl halides is 6. The van der Waals surface area contributed by atoms with Crippen molar-refractivity contribution in [2.24, 2.45) is 14.1 Å². The maximum atomic E-state index is 13.2. The van der Waals surface area contributed by atoms with Crippen LogP contribution < -0.4 is 30.7 Å². The number of aromatic nitrogens is 4. The van der Waals surface area contributed by atoms with Crippen LogP contribution in [0.2, 0.25) is 10.0 Å². The number of nitrogens with zero attached hydrogens (tertiary/aromatic N) is 6. The number of amides is 4. The lowest BCUT2D eigenvalue weighted by Gasteiger charge is -2.30. The van der Waals surface area contributed by atoms with Crippen molar-refractivity contribution in [3.63, 3.8) is 0 Å². The number of nitrogens with one attached hydrogen (secondary N) is 4. The molecular formula is C60H68Cl2F6N10O8. The topological polar surface area (TPSA) is 214 Å². The summed E-state index contributed by atoms with van der Waals surface area (Å²) < 4.78 is 90.6. The van der Waals surface area contributed by atoms with Crippen LogP contribution in [0.15, 0.2) is 97.3 Å². The Morgan fingerprint density at radius 3 is 1.33 bits per heavy atom. The van der Waals surface area contributed by atoms with Gasteiger partial charge in [-0.15, -0.1) is 0 Å². The van der Waals surface area contributed by atoms with Crippen LogP contribution in [0.25, 0.3) is 22.5 Å². The van der Waals surface area contributed by atoms with E-state index in [-0.39, 0.29) is 76.4 Å². The second-order valence-electron chi connectivity index (χ2n) is 21.3. The number of ether oxygens (including phenoxy) is 2. The number of halogens is 8. The number of hydrogen-bond donors (Lipinski definition) is 5. The Bertz CT molecular complexity index is 3330. The fourth-order valence-electron chi connectivity index (χ4n) is 9.08. The van der Waals surface area contributed by atoms with E-state index in [2.05, 4.69) is 31.2 Å². The van der Waals surface area contributed by atoms with E-state index >= 15 is 0 Å². The molecule has 0 saturated carbocycles. The summed E-state index contributed by atoms with van der Waals surface area (Å²) >= 11 is 12.3. The highest BCUT2D eigenvalue weighted by Crippen LogP contribution is 2.33. The maximum Gasteiger partial charge on any atom is 0.425 e. The van der Waals surface area contributed by atoms with Crippen molar-refractivity contribution >= 4 is 52.6 Å². The summed E-state index contributed by atoms with van der Waals surface area (Å²) in [5, 5.41) is 21.2. The number of ketones is 1. The van der Waals surface area contributed by atoms with E-state index in [9.17, 15) is 55.4 Å². The fraction of sp³-hybridized carbons (Fsp3) is 0.417. The average molecular weight is 1240 g/mol. The molecule has 0 bridgehead atoms. The minimum Gasteiger partial charge on any atom is -0.480 e. The third kappa shape index (κ3) is 18.7. The van der Waals surface area contributed by atoms with Gasteiger partial charge in [0, 0.05) is 68.8 Å². The molecule has 4 aromatic carbocycles. The fourth-order valence-corrected chi connectivity index (χ4v) is 9.53. The lowest BCUT2D eigenvalue weighted by atomic mass is 10.0. The van der Waals surface area contributed by atoms with E-state index in [0.29, 0.717) is 35.9 Å². The maximum absolute atomic E-state index is 13.2. The van der Waals surface area contributed by atoms with E-state index in [4.69, 9.17) is 32.7 Å². The Balaban J connectivity index is 0.000000246. The molecule has 2 aliphatic heterocycles. The molecule has 5 N–H and O–H groups in total. The predicted molar refractivity (Wildman–Crippen MR) is 311 cm³/mol. The molecule has 4 heterocycles. The molecule has 26 heteroatoms. The van der Waals surface area contributed by atoms with Gasteiger partial charge in [-0.2, -0.15) is 26.3 Å². The van der Waals surface area contributed by atoms with Gasteiger partial charge in [0.05, 0.1) is 46.6 Å². The van der Waals surface area contributed by atoms with Crippen LogP contribution in [0.3, 0.4) is 0 Å². The zero-order valence-electron chi connectivity index (χ0n) is 48.1. The van der Waals surface area contributed by atoms with Gasteiger partial charge in [0.2, 0.25) is 11.8 Å². The smallest absolute Gasteiger partial charge is 0.425 e. The normalized spacial score (nSPS) is 15.3. The van der Waals surface area contributed by atoms with Crippen LogP contribution in [-0.4, -0.2) is 152 Å². The molecular weight excluding hydrogens is 1170 g/mol. The molecule has 18 nitrogen and oxygen atoms in total. The summed E-state index contributed by atoms with van der Waals surface area (Å²) in [5.74, 6) is -0.949. The highest BCUT2D eigenvalue weighted by Gasteiger charge is 2.39. The molecule has 2 fully saturated rings. The lowest BCUT2D eigenvalue weighted by Crippen LogP contribution is -2.49. The van der Waals surface area contributed by atoms with Gasteiger partial charge in [0.1, 0.15) is 23.4 Å². The van der Waals surface area contributed by atoms with Crippen LogP contribution in [0.4, 0.5) is 26.3 Å². The number of carbonyl (C=O) groups excluding carboxylic acids is 5. The van der Waals surface area contributed by atoms with Gasteiger partial charge >= 0.3 is 12.4 Å². The first kappa shape index (κ1) is 66.0. The third-order valence-electron chi connectivity index (χ3n) is 14.3. The van der Waals surface area contributed by atoms with Crippen LogP contribution in [-0.2, 0) is 36.5 Å². The van der Waals surface area contributed by atoms with Gasteiger partial charge < -0.3 is 45.0 Å². The summed E-state index contributed by atoms with van der Waals surface area (Å²) in [6.45, 7) is 9.19. The first-order chi connectivity index (χ1) is 40.6. The molecule has 462 valence electrons. The van der Waals surface area contributed by atoms with Gasteiger partial charge in [-0.25, -0.2) is 9.97 Å². The number of likely N-dealkylation sites (tertiary alicyclic amines) is 2. The number of rotatable bonds is 24. The number of aliphatic hydroxyl groups is 1. The lowest BCUT2D eigenvalue weighted by molar-refractivity contribution is -0.189. The van der Waals surface area contributed by atoms with Crippen molar-refractivity contribution in [1.82, 2.24) is 50.2 Å². The number of carbonyl (C=O) groups is 5. The molecule has 5 atom stereocenters. The standard InChI is InChI=1S/C30H35ClF3N5O4.C30H33ClF3N5O4/c2*1-18(40)28-37-25(16-38(28)3)21-7-5-20(6-8-21)13-23(15-35-27(41)17-39-11-4-12-39)36-29(42)22-9-10-26(24(31)14-22)43-19(2)30(32,33)34/h5-10,14,16,18-19,23,40H,4,11-13,15,17H2,1-3H3,(H,35,41)(H,36,42);5-10,14,16,19,23H,4,11-13,15,17H2,1-3H3,(H,35,41)(H,36,42)/t18?,19-,23?;19-,23?/m11/s1. The molecule has 4 amide bonds. The van der Waals surface area contributed by atoms with E-state index < -0.39 is 54.6 Å². The summed E-state index contributed by atoms with van der Waals surface area (Å²) in [6, 6.07) is 21.7. The first-order valence-electron chi connectivity index (χ1n) is 27.7. The quantitative estimate of drug-likeness (QED) is 0.0284. The highest BCUT2D eigenvalue weighted by atomic mass is 35.5. The molecule has 0 aliphatic carbocycles. The van der Waals surface area contributed by atoms with Gasteiger partial charge in [0.15, 0.2) is 23.8 Å². The van der Waals surface area contributed by atoms with Crippen LogP contribution in [0.5, 0.6) is 11.5 Å². The van der Waals surface area contributed by atoms with Crippen LogP contribution in [0, 0.1) is 0 Å². The Morgan fingerprint density at radius 1 is 0.605 bits per heavy atom. The van der Waals surface area contributed by atoms with Crippen molar-refractivity contribution in [3.8, 4) is 34.0 Å². The first-order valence-corrected chi connectivity index (χ1v) is 28.5. The Morgan fingerprint density at radius 2 is 1.00 bits per heavy atom. The predicted octanol–water partition coefficient (Wildman–Crippen LogP) is 8.72. The molecule has 3 unspecified atom stereocenters. The third-order valence-corrected chi connectivity index (χ3v) is 14.8. The number of Topliss-reactive ketones (excluding diaryl/α,β-unsaturated/α-hetero) is 1. The Kier molecular flexibility index (Phi) is 22.5. The number of benzene rings is 4. The number of aryl methyl sites for hydroxylation is 2. The second-order valence-corrected chi connectivity index (χ2v) is 22.1. The molecule has 2 aliphatic rings. The monoisotopic (exact) mass is 1240 g/mol. The summed E-state index contributed by atoms with van der Waals surface area (Å²) in [6.07, 6.45) is -7.52. The van der Waals surface area contributed by atoms with E-state index in [1.165, 1.54) is 43.3 Å². The minimum absolute atomic E-state index is 0.126. The zero-order valence-corrected chi connectivity index (χ0v) is 49.6. The van der Waals surface area contributed by atoms with Crippen molar-refractivity contribution < 1.29 is 64.9 Å². The Hall–Kier alpha value is -7.51. The van der Waals surface area contributed by atoms with Crippen molar-refractivity contribution in [2.45, 2.75) is 96.1 Å². The number of imidazole rings is 2. The van der Waals surface area contributed by atoms with Crippen molar-refractivity contribution in [3.05, 3.63) is 141 Å². The molecule has 2 aromatic heterocycles. The Labute approximate surface area is 503 Å². The van der Waals surface area contributed by atoms with E-state index in [1.807, 2.05) is 71.6 Å². The molecule has 6 aromatic rings.